The summed E-state index contributed by atoms with van der Waals surface area (Å²) in [6.45, 7) is 1.24. The van der Waals surface area contributed by atoms with E-state index in [9.17, 15) is 10.2 Å². The topological polar surface area (TPSA) is 133 Å². The third kappa shape index (κ3) is 7.26. The number of halogens is 2. The van der Waals surface area contributed by atoms with Gasteiger partial charge in [0.15, 0.2) is 17.4 Å². The molecule has 11 heteroatoms. The quantitative estimate of drug-likeness (QED) is 0.256. The highest BCUT2D eigenvalue weighted by Gasteiger charge is 2.39. The molecule has 198 valence electrons. The third-order valence-corrected chi connectivity index (χ3v) is 5.44. The Bertz CT molecular complexity index is 1210. The van der Waals surface area contributed by atoms with Gasteiger partial charge in [-0.05, 0) is 42.5 Å². The van der Waals surface area contributed by atoms with E-state index in [-0.39, 0.29) is 55.4 Å². The molecule has 4 N–H and O–H groups in total. The van der Waals surface area contributed by atoms with Gasteiger partial charge < -0.3 is 30.2 Å². The SMILES string of the molecule is COc1ccc(-c2nc(-c3ccccc3O)nc(C3C=CC=CC3(O)OCCOCCN)n2)cc1.Cl.Cl. The fourth-order valence-corrected chi connectivity index (χ4v) is 3.65. The molecule has 0 saturated carbocycles. The van der Waals surface area contributed by atoms with Crippen LogP contribution in [-0.2, 0) is 9.47 Å². The van der Waals surface area contributed by atoms with Crippen LogP contribution in [0.4, 0.5) is 0 Å². The molecule has 4 rings (SSSR count). The van der Waals surface area contributed by atoms with Gasteiger partial charge in [-0.3, -0.25) is 0 Å². The van der Waals surface area contributed by atoms with E-state index in [1.165, 1.54) is 0 Å². The summed E-state index contributed by atoms with van der Waals surface area (Å²) in [6, 6.07) is 14.1. The van der Waals surface area contributed by atoms with Gasteiger partial charge in [-0.1, -0.05) is 30.4 Å². The first-order valence-electron chi connectivity index (χ1n) is 11.2. The predicted molar refractivity (Wildman–Crippen MR) is 145 cm³/mol. The van der Waals surface area contributed by atoms with Crippen molar-refractivity contribution < 1.29 is 24.4 Å². The monoisotopic (exact) mass is 548 g/mol. The predicted octanol–water partition coefficient (Wildman–Crippen LogP) is 3.65. The van der Waals surface area contributed by atoms with Gasteiger partial charge in [0.25, 0.3) is 0 Å². The molecule has 0 saturated heterocycles. The maximum atomic E-state index is 11.4. The number of phenols is 1. The van der Waals surface area contributed by atoms with Crippen LogP contribution in [0.3, 0.4) is 0 Å². The van der Waals surface area contributed by atoms with Crippen LogP contribution < -0.4 is 10.5 Å². The zero-order valence-corrected chi connectivity index (χ0v) is 21.8. The van der Waals surface area contributed by atoms with Crippen molar-refractivity contribution in [1.29, 1.82) is 0 Å². The number of benzene rings is 2. The van der Waals surface area contributed by atoms with E-state index >= 15 is 0 Å². The molecule has 2 aromatic carbocycles. The average Bonchev–Trinajstić information content (AvgIpc) is 2.89. The molecule has 9 nitrogen and oxygen atoms in total. The first-order valence-corrected chi connectivity index (χ1v) is 11.2. The fourth-order valence-electron chi connectivity index (χ4n) is 3.65. The van der Waals surface area contributed by atoms with Crippen molar-refractivity contribution in [3.63, 3.8) is 0 Å². The normalized spacial score (nSPS) is 18.1. The minimum Gasteiger partial charge on any atom is -0.507 e. The minimum absolute atomic E-state index is 0. The molecule has 0 bridgehead atoms. The third-order valence-electron chi connectivity index (χ3n) is 5.44. The highest BCUT2D eigenvalue weighted by molar-refractivity contribution is 5.85. The number of hydrogen-bond donors (Lipinski definition) is 3. The largest absolute Gasteiger partial charge is 0.507 e. The summed E-state index contributed by atoms with van der Waals surface area (Å²) < 4.78 is 16.4. The summed E-state index contributed by atoms with van der Waals surface area (Å²) in [5.41, 5.74) is 6.61. The molecule has 1 aliphatic carbocycles. The summed E-state index contributed by atoms with van der Waals surface area (Å²) >= 11 is 0. The maximum Gasteiger partial charge on any atom is 0.199 e. The number of para-hydroxylation sites is 1. The van der Waals surface area contributed by atoms with Crippen LogP contribution in [0.2, 0.25) is 0 Å². The lowest BCUT2D eigenvalue weighted by atomic mass is 9.92. The van der Waals surface area contributed by atoms with Gasteiger partial charge in [0.05, 0.1) is 38.4 Å². The number of aliphatic hydroxyl groups is 1. The molecule has 0 spiro atoms. The highest BCUT2D eigenvalue weighted by Crippen LogP contribution is 2.36. The summed E-state index contributed by atoms with van der Waals surface area (Å²) in [5.74, 6) is -0.753. The van der Waals surface area contributed by atoms with Gasteiger partial charge >= 0.3 is 0 Å². The Morgan fingerprint density at radius 1 is 0.919 bits per heavy atom. The molecular weight excluding hydrogens is 519 g/mol. The van der Waals surface area contributed by atoms with E-state index in [2.05, 4.69) is 15.0 Å². The first kappa shape index (κ1) is 30.2. The molecule has 2 unspecified atom stereocenters. The molecule has 1 aliphatic rings. The Kier molecular flexibility index (Phi) is 11.4. The Morgan fingerprint density at radius 3 is 2.35 bits per heavy atom. The van der Waals surface area contributed by atoms with Crippen LogP contribution in [-0.4, -0.2) is 64.4 Å². The first-order chi connectivity index (χ1) is 17.0. The summed E-state index contributed by atoms with van der Waals surface area (Å²) in [6.07, 6.45) is 6.82. The van der Waals surface area contributed by atoms with Crippen LogP contribution in [0.15, 0.2) is 72.8 Å². The van der Waals surface area contributed by atoms with Gasteiger partial charge in [0, 0.05) is 12.1 Å². The summed E-state index contributed by atoms with van der Waals surface area (Å²) in [4.78, 5) is 13.9. The lowest BCUT2D eigenvalue weighted by Crippen LogP contribution is -2.39. The van der Waals surface area contributed by atoms with E-state index in [0.29, 0.717) is 30.3 Å². The van der Waals surface area contributed by atoms with Crippen LogP contribution in [0.1, 0.15) is 11.7 Å². The smallest absolute Gasteiger partial charge is 0.199 e. The molecule has 2 atom stereocenters. The van der Waals surface area contributed by atoms with E-state index in [1.807, 2.05) is 24.3 Å². The molecule has 3 aromatic rings. The van der Waals surface area contributed by atoms with Crippen molar-refractivity contribution in [2.24, 2.45) is 5.73 Å². The number of nitrogens with zero attached hydrogens (tertiary/aromatic N) is 3. The summed E-state index contributed by atoms with van der Waals surface area (Å²) in [7, 11) is 1.59. The molecule has 1 heterocycles. The van der Waals surface area contributed by atoms with Crippen molar-refractivity contribution in [3.05, 3.63) is 78.7 Å². The van der Waals surface area contributed by atoms with E-state index in [4.69, 9.17) is 19.9 Å². The number of phenolic OH excluding ortho intramolecular Hbond substituents is 1. The van der Waals surface area contributed by atoms with E-state index in [0.717, 1.165) is 5.56 Å². The molecular formula is C26H30Cl2N4O5. The second-order valence-corrected chi connectivity index (χ2v) is 7.81. The molecule has 0 fully saturated rings. The second kappa shape index (κ2) is 14.0. The zero-order valence-electron chi connectivity index (χ0n) is 20.2. The Balaban J connectivity index is 0.00000241. The molecule has 1 aromatic heterocycles. The van der Waals surface area contributed by atoms with Crippen LogP contribution in [0, 0.1) is 0 Å². The van der Waals surface area contributed by atoms with Crippen molar-refractivity contribution in [1.82, 2.24) is 15.0 Å². The number of methoxy groups -OCH3 is 1. The molecule has 0 amide bonds. The van der Waals surface area contributed by atoms with Crippen molar-refractivity contribution in [3.8, 4) is 34.3 Å². The van der Waals surface area contributed by atoms with Crippen LogP contribution >= 0.6 is 24.8 Å². The number of ether oxygens (including phenoxy) is 3. The van der Waals surface area contributed by atoms with Gasteiger partial charge in [0.2, 0.25) is 0 Å². The van der Waals surface area contributed by atoms with Crippen LogP contribution in [0.25, 0.3) is 22.8 Å². The van der Waals surface area contributed by atoms with Gasteiger partial charge in [-0.2, -0.15) is 0 Å². The van der Waals surface area contributed by atoms with E-state index in [1.54, 1.807) is 55.7 Å². The van der Waals surface area contributed by atoms with Crippen molar-refractivity contribution in [2.75, 3.05) is 33.5 Å². The second-order valence-electron chi connectivity index (χ2n) is 7.81. The molecule has 0 aliphatic heterocycles. The van der Waals surface area contributed by atoms with E-state index < -0.39 is 11.7 Å². The number of hydrogen-bond acceptors (Lipinski definition) is 9. The standard InChI is InChI=1S/C26H28N4O5.2ClH/c1-33-19-11-9-18(10-12-19)23-28-24(20-6-2-3-8-22(20)31)30-25(29-23)21-7-4-5-13-26(21,32)35-17-16-34-15-14-27;;/h2-13,21,31-32H,14-17,27H2,1H3;2*1H. The minimum atomic E-state index is -1.70. The zero-order chi connectivity index (χ0) is 24.7. The van der Waals surface area contributed by atoms with Crippen molar-refractivity contribution in [2.45, 2.75) is 11.7 Å². The number of allylic oxidation sites excluding steroid dienone is 2. The van der Waals surface area contributed by atoms with Crippen LogP contribution in [0.5, 0.6) is 11.5 Å². The lowest BCUT2D eigenvalue weighted by Gasteiger charge is -2.32. The number of aromatic nitrogens is 3. The molecule has 0 radical (unpaired) electrons. The maximum absolute atomic E-state index is 11.4. The van der Waals surface area contributed by atoms with Gasteiger partial charge in [-0.15, -0.1) is 24.8 Å². The molecule has 37 heavy (non-hydrogen) atoms. The Hall–Kier alpha value is -3.05. The summed E-state index contributed by atoms with van der Waals surface area (Å²) in [5, 5.41) is 21.8. The number of rotatable bonds is 10. The van der Waals surface area contributed by atoms with Gasteiger partial charge in [-0.25, -0.2) is 15.0 Å². The highest BCUT2D eigenvalue weighted by atomic mass is 35.5. The average molecular weight is 549 g/mol. The Morgan fingerprint density at radius 2 is 1.65 bits per heavy atom. The Labute approximate surface area is 227 Å². The van der Waals surface area contributed by atoms with Gasteiger partial charge in [0.1, 0.15) is 17.3 Å². The van der Waals surface area contributed by atoms with Crippen molar-refractivity contribution >= 4 is 24.8 Å². The number of aromatic hydroxyl groups is 1. The fraction of sp³-hybridized carbons (Fsp3) is 0.269. The lowest BCUT2D eigenvalue weighted by molar-refractivity contribution is -0.183. The number of nitrogens with two attached hydrogens (primary N) is 1.